The SMILES string of the molecule is CC(Nc1nc(N)ncc1C#N)c1nc2cccnc2n1-c1ccccc1. The number of imidazole rings is 1. The molecule has 4 aromatic rings. The number of para-hydroxylation sites is 1. The molecule has 3 N–H and O–H groups in total. The van der Waals surface area contributed by atoms with Crippen LogP contribution in [0.15, 0.2) is 54.9 Å². The lowest BCUT2D eigenvalue weighted by Gasteiger charge is -2.17. The second-order valence-electron chi connectivity index (χ2n) is 5.96. The monoisotopic (exact) mass is 356 g/mol. The molecule has 3 heterocycles. The highest BCUT2D eigenvalue weighted by Crippen LogP contribution is 2.26. The summed E-state index contributed by atoms with van der Waals surface area (Å²) in [5.74, 6) is 1.22. The third-order valence-corrected chi connectivity index (χ3v) is 4.12. The van der Waals surface area contributed by atoms with E-state index in [1.54, 1.807) is 6.20 Å². The van der Waals surface area contributed by atoms with Crippen LogP contribution in [0, 0.1) is 11.3 Å². The van der Waals surface area contributed by atoms with Gasteiger partial charge in [-0.2, -0.15) is 10.2 Å². The van der Waals surface area contributed by atoms with Gasteiger partial charge in [-0.25, -0.2) is 15.0 Å². The third kappa shape index (κ3) is 3.02. The molecule has 0 aliphatic rings. The Hall–Kier alpha value is -3.99. The Morgan fingerprint density at radius 1 is 1.11 bits per heavy atom. The van der Waals surface area contributed by atoms with Gasteiger partial charge in [-0.15, -0.1) is 0 Å². The number of rotatable bonds is 4. The van der Waals surface area contributed by atoms with Crippen LogP contribution in [-0.4, -0.2) is 24.5 Å². The van der Waals surface area contributed by atoms with Gasteiger partial charge >= 0.3 is 0 Å². The van der Waals surface area contributed by atoms with Crippen molar-refractivity contribution in [3.05, 3.63) is 66.2 Å². The highest BCUT2D eigenvalue weighted by Gasteiger charge is 2.20. The summed E-state index contributed by atoms with van der Waals surface area (Å²) in [6.07, 6.45) is 3.14. The minimum absolute atomic E-state index is 0.0990. The van der Waals surface area contributed by atoms with Crippen molar-refractivity contribution in [2.75, 3.05) is 11.1 Å². The fraction of sp³-hybridized carbons (Fsp3) is 0.105. The summed E-state index contributed by atoms with van der Waals surface area (Å²) in [5.41, 5.74) is 8.49. The van der Waals surface area contributed by atoms with Gasteiger partial charge in [0.15, 0.2) is 5.65 Å². The normalized spacial score (nSPS) is 11.9. The number of anilines is 2. The molecule has 27 heavy (non-hydrogen) atoms. The van der Waals surface area contributed by atoms with E-state index in [0.717, 1.165) is 22.7 Å². The number of pyridine rings is 1. The first-order chi connectivity index (χ1) is 13.2. The Morgan fingerprint density at radius 2 is 1.93 bits per heavy atom. The summed E-state index contributed by atoms with van der Waals surface area (Å²) in [7, 11) is 0. The van der Waals surface area contributed by atoms with Gasteiger partial charge in [0.2, 0.25) is 5.95 Å². The molecule has 0 saturated heterocycles. The quantitative estimate of drug-likeness (QED) is 0.577. The van der Waals surface area contributed by atoms with E-state index >= 15 is 0 Å². The molecular weight excluding hydrogens is 340 g/mol. The number of hydrogen-bond acceptors (Lipinski definition) is 7. The zero-order valence-electron chi connectivity index (χ0n) is 14.5. The van der Waals surface area contributed by atoms with Crippen LogP contribution in [0.1, 0.15) is 24.4 Å². The van der Waals surface area contributed by atoms with E-state index in [9.17, 15) is 5.26 Å². The minimum Gasteiger partial charge on any atom is -0.368 e. The summed E-state index contributed by atoms with van der Waals surface area (Å²) >= 11 is 0. The van der Waals surface area contributed by atoms with Crippen molar-refractivity contribution in [3.63, 3.8) is 0 Å². The van der Waals surface area contributed by atoms with Crippen LogP contribution in [0.4, 0.5) is 11.8 Å². The van der Waals surface area contributed by atoms with Gasteiger partial charge in [0.05, 0.1) is 12.2 Å². The van der Waals surface area contributed by atoms with Crippen molar-refractivity contribution >= 4 is 22.9 Å². The average molecular weight is 356 g/mol. The van der Waals surface area contributed by atoms with Crippen LogP contribution in [0.5, 0.6) is 0 Å². The minimum atomic E-state index is -0.263. The molecule has 1 aromatic carbocycles. The number of benzene rings is 1. The van der Waals surface area contributed by atoms with Crippen LogP contribution >= 0.6 is 0 Å². The van der Waals surface area contributed by atoms with Crippen molar-refractivity contribution in [1.82, 2.24) is 24.5 Å². The zero-order chi connectivity index (χ0) is 18.8. The van der Waals surface area contributed by atoms with Gasteiger partial charge in [-0.1, -0.05) is 18.2 Å². The zero-order valence-corrected chi connectivity index (χ0v) is 14.5. The first-order valence-corrected chi connectivity index (χ1v) is 8.35. The smallest absolute Gasteiger partial charge is 0.222 e. The van der Waals surface area contributed by atoms with Crippen LogP contribution < -0.4 is 11.1 Å². The van der Waals surface area contributed by atoms with E-state index in [1.807, 2.05) is 54.0 Å². The highest BCUT2D eigenvalue weighted by atomic mass is 15.2. The number of hydrogen-bond donors (Lipinski definition) is 2. The molecule has 0 aliphatic carbocycles. The van der Waals surface area contributed by atoms with Crippen molar-refractivity contribution in [3.8, 4) is 11.8 Å². The van der Waals surface area contributed by atoms with Gasteiger partial charge in [-0.3, -0.25) is 4.57 Å². The average Bonchev–Trinajstić information content (AvgIpc) is 3.08. The molecule has 1 unspecified atom stereocenters. The molecule has 0 aliphatic heterocycles. The van der Waals surface area contributed by atoms with Gasteiger partial charge in [-0.05, 0) is 31.2 Å². The second kappa shape index (κ2) is 6.72. The molecule has 4 rings (SSSR count). The summed E-state index contributed by atoms with van der Waals surface area (Å²) in [6.45, 7) is 1.94. The Labute approximate surface area is 155 Å². The summed E-state index contributed by atoms with van der Waals surface area (Å²) in [4.78, 5) is 17.2. The largest absolute Gasteiger partial charge is 0.368 e. The molecule has 8 nitrogen and oxygen atoms in total. The Balaban J connectivity index is 1.82. The van der Waals surface area contributed by atoms with E-state index in [1.165, 1.54) is 6.20 Å². The van der Waals surface area contributed by atoms with Gasteiger partial charge in [0.1, 0.15) is 28.8 Å². The molecule has 0 amide bonds. The maximum absolute atomic E-state index is 9.30. The number of fused-ring (bicyclic) bond motifs is 1. The standard InChI is InChI=1S/C19H16N8/c1-12(24-16-13(10-20)11-23-19(21)26-16)17-25-15-8-5-9-22-18(15)27(17)14-6-3-2-4-7-14/h2-9,11-12H,1H3,(H3,21,23,24,26). The molecule has 0 radical (unpaired) electrons. The lowest BCUT2D eigenvalue weighted by atomic mass is 10.2. The van der Waals surface area contributed by atoms with E-state index in [0.29, 0.717) is 11.4 Å². The summed E-state index contributed by atoms with van der Waals surface area (Å²) in [6, 6.07) is 15.5. The first kappa shape index (κ1) is 16.5. The van der Waals surface area contributed by atoms with Crippen molar-refractivity contribution < 1.29 is 0 Å². The van der Waals surface area contributed by atoms with Crippen LogP contribution in [0.3, 0.4) is 0 Å². The number of nitrogens with one attached hydrogen (secondary N) is 1. The Bertz CT molecular complexity index is 1140. The molecule has 0 fully saturated rings. The highest BCUT2D eigenvalue weighted by molar-refractivity contribution is 5.74. The van der Waals surface area contributed by atoms with E-state index in [2.05, 4.69) is 26.3 Å². The fourth-order valence-electron chi connectivity index (χ4n) is 2.91. The van der Waals surface area contributed by atoms with Gasteiger partial charge in [0, 0.05) is 11.9 Å². The number of nitrogens with zero attached hydrogens (tertiary/aromatic N) is 6. The molecule has 3 aromatic heterocycles. The third-order valence-electron chi connectivity index (χ3n) is 4.12. The second-order valence-corrected chi connectivity index (χ2v) is 5.96. The summed E-state index contributed by atoms with van der Waals surface area (Å²) < 4.78 is 1.99. The Morgan fingerprint density at radius 3 is 2.70 bits per heavy atom. The molecule has 0 spiro atoms. The van der Waals surface area contributed by atoms with Crippen LogP contribution in [-0.2, 0) is 0 Å². The fourth-order valence-corrected chi connectivity index (χ4v) is 2.91. The van der Waals surface area contributed by atoms with Crippen molar-refractivity contribution in [2.24, 2.45) is 0 Å². The molecule has 1 atom stereocenters. The lowest BCUT2D eigenvalue weighted by molar-refractivity contribution is 0.766. The molecule has 8 heteroatoms. The van der Waals surface area contributed by atoms with E-state index in [4.69, 9.17) is 10.7 Å². The van der Waals surface area contributed by atoms with Crippen molar-refractivity contribution in [2.45, 2.75) is 13.0 Å². The lowest BCUT2D eigenvalue weighted by Crippen LogP contribution is -2.15. The summed E-state index contributed by atoms with van der Waals surface area (Å²) in [5, 5.41) is 12.5. The van der Waals surface area contributed by atoms with Gasteiger partial charge < -0.3 is 11.1 Å². The number of aromatic nitrogens is 5. The van der Waals surface area contributed by atoms with Gasteiger partial charge in [0.25, 0.3) is 0 Å². The molecule has 132 valence electrons. The van der Waals surface area contributed by atoms with Crippen LogP contribution in [0.25, 0.3) is 16.9 Å². The molecular formula is C19H16N8. The maximum Gasteiger partial charge on any atom is 0.222 e. The Kier molecular flexibility index (Phi) is 4.10. The number of nitriles is 1. The van der Waals surface area contributed by atoms with Crippen molar-refractivity contribution in [1.29, 1.82) is 5.26 Å². The van der Waals surface area contributed by atoms with E-state index in [-0.39, 0.29) is 12.0 Å². The molecule has 0 saturated carbocycles. The topological polar surface area (TPSA) is 118 Å². The predicted molar refractivity (Wildman–Crippen MR) is 102 cm³/mol. The van der Waals surface area contributed by atoms with E-state index < -0.39 is 0 Å². The predicted octanol–water partition coefficient (Wildman–Crippen LogP) is 2.84. The number of nitrogens with two attached hydrogens (primary N) is 1. The van der Waals surface area contributed by atoms with Crippen LogP contribution in [0.2, 0.25) is 0 Å². The first-order valence-electron chi connectivity index (χ1n) is 8.35. The maximum atomic E-state index is 9.30. The molecule has 0 bridgehead atoms. The number of nitrogen functional groups attached to an aromatic ring is 1.